The number of halogens is 3. The fourth-order valence-electron chi connectivity index (χ4n) is 1.49. The molecule has 3 aromatic heterocycles. The topological polar surface area (TPSA) is 93.4 Å². The third kappa shape index (κ3) is 2.22. The van der Waals surface area contributed by atoms with Crippen LogP contribution in [0.2, 0.25) is 0 Å². The molecule has 3 rings (SSSR count). The van der Waals surface area contributed by atoms with Gasteiger partial charge in [0.15, 0.2) is 0 Å². The first kappa shape index (κ1) is 12.3. The van der Waals surface area contributed by atoms with Crippen LogP contribution in [0.25, 0.3) is 22.8 Å². The first-order valence-electron chi connectivity index (χ1n) is 5.27. The number of nitrogens with zero attached hydrogens (tertiary/aromatic N) is 5. The zero-order chi connectivity index (χ0) is 14.2. The molecule has 0 radical (unpaired) electrons. The van der Waals surface area contributed by atoms with Crippen LogP contribution in [0.1, 0.15) is 5.89 Å². The monoisotopic (exact) mass is 282 g/mol. The molecule has 0 aliphatic heterocycles. The van der Waals surface area contributed by atoms with Crippen LogP contribution in [0.3, 0.4) is 0 Å². The molecule has 7 nitrogen and oxygen atoms in total. The van der Waals surface area contributed by atoms with Crippen molar-refractivity contribution in [3.8, 4) is 22.8 Å². The van der Waals surface area contributed by atoms with Gasteiger partial charge in [-0.3, -0.25) is 4.98 Å². The number of nitrogens with one attached hydrogen (secondary N) is 1. The van der Waals surface area contributed by atoms with Gasteiger partial charge in [-0.15, -0.1) is 0 Å². The third-order valence-corrected chi connectivity index (χ3v) is 2.36. The predicted octanol–water partition coefficient (Wildman–Crippen LogP) is 1.94. The van der Waals surface area contributed by atoms with Crippen molar-refractivity contribution in [1.29, 1.82) is 0 Å². The standard InChI is InChI=1S/C10H5F3N6O/c11-10(12,13)9-16-8(18-20-9)5-1-2-14-6(3-5)7-4-15-19-17-7/h1-4H,(H,15,17,19). The van der Waals surface area contributed by atoms with Gasteiger partial charge in [-0.2, -0.15) is 33.6 Å². The summed E-state index contributed by atoms with van der Waals surface area (Å²) in [6, 6.07) is 2.96. The Labute approximate surface area is 108 Å². The van der Waals surface area contributed by atoms with E-state index in [2.05, 4.69) is 35.1 Å². The molecule has 0 aliphatic rings. The van der Waals surface area contributed by atoms with Gasteiger partial charge in [-0.25, -0.2) is 0 Å². The second-order valence-electron chi connectivity index (χ2n) is 3.71. The molecule has 20 heavy (non-hydrogen) atoms. The Morgan fingerprint density at radius 3 is 2.70 bits per heavy atom. The average Bonchev–Trinajstić information content (AvgIpc) is 3.10. The summed E-state index contributed by atoms with van der Waals surface area (Å²) >= 11 is 0. The van der Waals surface area contributed by atoms with Crippen molar-refractivity contribution in [2.45, 2.75) is 6.18 Å². The van der Waals surface area contributed by atoms with Gasteiger partial charge in [0.05, 0.1) is 11.9 Å². The summed E-state index contributed by atoms with van der Waals surface area (Å²) in [5.41, 5.74) is 1.21. The number of hydrogen-bond acceptors (Lipinski definition) is 6. The lowest BCUT2D eigenvalue weighted by molar-refractivity contribution is -0.159. The molecule has 0 fully saturated rings. The van der Waals surface area contributed by atoms with Gasteiger partial charge in [-0.1, -0.05) is 5.16 Å². The lowest BCUT2D eigenvalue weighted by atomic mass is 10.2. The molecular formula is C10H5F3N6O. The minimum atomic E-state index is -4.67. The highest BCUT2D eigenvalue weighted by Gasteiger charge is 2.38. The van der Waals surface area contributed by atoms with Crippen molar-refractivity contribution in [1.82, 2.24) is 30.5 Å². The maximum Gasteiger partial charge on any atom is 0.471 e. The minimum Gasteiger partial charge on any atom is -0.329 e. The Morgan fingerprint density at radius 1 is 1.20 bits per heavy atom. The number of alkyl halides is 3. The van der Waals surface area contributed by atoms with E-state index in [-0.39, 0.29) is 5.82 Å². The highest BCUT2D eigenvalue weighted by atomic mass is 19.4. The van der Waals surface area contributed by atoms with Crippen molar-refractivity contribution in [2.24, 2.45) is 0 Å². The summed E-state index contributed by atoms with van der Waals surface area (Å²) in [5.74, 6) is -1.57. The fourth-order valence-corrected chi connectivity index (χ4v) is 1.49. The summed E-state index contributed by atoms with van der Waals surface area (Å²) in [6.45, 7) is 0. The number of H-pyrrole nitrogens is 1. The number of aromatic nitrogens is 6. The van der Waals surface area contributed by atoms with Crippen LogP contribution in [-0.2, 0) is 6.18 Å². The molecule has 0 spiro atoms. The molecule has 0 aromatic carbocycles. The van der Waals surface area contributed by atoms with Crippen LogP contribution in [0, 0.1) is 0 Å². The molecule has 102 valence electrons. The Hall–Kier alpha value is -2.78. The molecule has 10 heteroatoms. The number of pyridine rings is 1. The first-order chi connectivity index (χ1) is 9.54. The lowest BCUT2D eigenvalue weighted by Crippen LogP contribution is -2.04. The van der Waals surface area contributed by atoms with Gasteiger partial charge in [0, 0.05) is 11.8 Å². The molecule has 0 bridgehead atoms. The zero-order valence-corrected chi connectivity index (χ0v) is 9.59. The van der Waals surface area contributed by atoms with Crippen LogP contribution < -0.4 is 0 Å². The van der Waals surface area contributed by atoms with Gasteiger partial charge in [0.25, 0.3) is 0 Å². The fraction of sp³-hybridized carbons (Fsp3) is 0.100. The molecule has 0 atom stereocenters. The highest BCUT2D eigenvalue weighted by Crippen LogP contribution is 2.29. The molecule has 0 amide bonds. The second kappa shape index (κ2) is 4.40. The molecule has 0 aliphatic carbocycles. The SMILES string of the molecule is FC(F)(F)c1nc(-c2ccnc(-c3cn[nH]n3)c2)no1. The van der Waals surface area contributed by atoms with Crippen LogP contribution in [0.5, 0.6) is 0 Å². The van der Waals surface area contributed by atoms with E-state index < -0.39 is 12.1 Å². The van der Waals surface area contributed by atoms with E-state index in [0.29, 0.717) is 17.0 Å². The highest BCUT2D eigenvalue weighted by molar-refractivity contribution is 5.63. The Morgan fingerprint density at radius 2 is 2.05 bits per heavy atom. The van der Waals surface area contributed by atoms with Crippen LogP contribution in [0.4, 0.5) is 13.2 Å². The maximum absolute atomic E-state index is 12.4. The molecule has 1 N–H and O–H groups in total. The van der Waals surface area contributed by atoms with Crippen LogP contribution in [-0.4, -0.2) is 30.5 Å². The number of rotatable bonds is 2. The molecule has 3 heterocycles. The summed E-state index contributed by atoms with van der Waals surface area (Å²) < 4.78 is 41.3. The van der Waals surface area contributed by atoms with Gasteiger partial charge >= 0.3 is 12.1 Å². The number of hydrogen-bond donors (Lipinski definition) is 1. The van der Waals surface area contributed by atoms with Gasteiger partial charge < -0.3 is 4.52 Å². The molecule has 0 unspecified atom stereocenters. The molecule has 0 saturated carbocycles. The van der Waals surface area contributed by atoms with E-state index in [1.165, 1.54) is 24.5 Å². The van der Waals surface area contributed by atoms with E-state index >= 15 is 0 Å². The Balaban J connectivity index is 1.99. The van der Waals surface area contributed by atoms with Crippen molar-refractivity contribution >= 4 is 0 Å². The summed E-state index contributed by atoms with van der Waals surface area (Å²) in [5, 5.41) is 13.2. The van der Waals surface area contributed by atoms with E-state index in [1.54, 1.807) is 0 Å². The Kier molecular flexibility index (Phi) is 2.70. The van der Waals surface area contributed by atoms with Crippen LogP contribution in [0.15, 0.2) is 29.0 Å². The summed E-state index contributed by atoms with van der Waals surface area (Å²) in [7, 11) is 0. The van der Waals surface area contributed by atoms with Crippen LogP contribution >= 0.6 is 0 Å². The quantitative estimate of drug-likeness (QED) is 0.772. The van der Waals surface area contributed by atoms with Crippen molar-refractivity contribution < 1.29 is 17.7 Å². The molecule has 3 aromatic rings. The van der Waals surface area contributed by atoms with Gasteiger partial charge in [0.1, 0.15) is 5.69 Å². The minimum absolute atomic E-state index is 0.176. The average molecular weight is 282 g/mol. The molecule has 0 saturated heterocycles. The zero-order valence-electron chi connectivity index (χ0n) is 9.59. The Bertz CT molecular complexity index is 721. The normalized spacial score (nSPS) is 11.8. The van der Waals surface area contributed by atoms with E-state index in [9.17, 15) is 13.2 Å². The van der Waals surface area contributed by atoms with Crippen molar-refractivity contribution in [2.75, 3.05) is 0 Å². The maximum atomic E-state index is 12.4. The first-order valence-corrected chi connectivity index (χ1v) is 5.27. The van der Waals surface area contributed by atoms with E-state index in [1.807, 2.05) is 0 Å². The second-order valence-corrected chi connectivity index (χ2v) is 3.71. The molecular weight excluding hydrogens is 277 g/mol. The third-order valence-electron chi connectivity index (χ3n) is 2.36. The predicted molar refractivity (Wildman–Crippen MR) is 57.9 cm³/mol. The summed E-state index contributed by atoms with van der Waals surface area (Å²) in [4.78, 5) is 7.33. The van der Waals surface area contributed by atoms with Crippen molar-refractivity contribution in [3.05, 3.63) is 30.4 Å². The lowest BCUT2D eigenvalue weighted by Gasteiger charge is -1.98. The van der Waals surface area contributed by atoms with E-state index in [4.69, 9.17) is 0 Å². The van der Waals surface area contributed by atoms with Crippen molar-refractivity contribution in [3.63, 3.8) is 0 Å². The largest absolute Gasteiger partial charge is 0.471 e. The van der Waals surface area contributed by atoms with E-state index in [0.717, 1.165) is 0 Å². The summed E-state index contributed by atoms with van der Waals surface area (Å²) in [6.07, 6.45) is -1.83. The van der Waals surface area contributed by atoms with Gasteiger partial charge in [-0.05, 0) is 12.1 Å². The smallest absolute Gasteiger partial charge is 0.329 e. The van der Waals surface area contributed by atoms with Gasteiger partial charge in [0.2, 0.25) is 5.82 Å². The number of aromatic amines is 1.